The number of benzene rings is 1. The third-order valence-corrected chi connectivity index (χ3v) is 5.05. The summed E-state index contributed by atoms with van der Waals surface area (Å²) >= 11 is 2.39. The quantitative estimate of drug-likeness (QED) is 0.560. The molecule has 1 aromatic rings. The van der Waals surface area contributed by atoms with E-state index in [9.17, 15) is 0 Å². The minimum atomic E-state index is 0.514. The van der Waals surface area contributed by atoms with E-state index in [-0.39, 0.29) is 0 Å². The van der Waals surface area contributed by atoms with Crippen molar-refractivity contribution in [2.24, 2.45) is 5.41 Å². The van der Waals surface area contributed by atoms with Crippen molar-refractivity contribution in [1.82, 2.24) is 5.32 Å². The van der Waals surface area contributed by atoms with Crippen LogP contribution in [0.25, 0.3) is 0 Å². The number of halogens is 1. The van der Waals surface area contributed by atoms with Crippen LogP contribution >= 0.6 is 22.6 Å². The minimum Gasteiger partial charge on any atom is -0.316 e. The molecule has 0 spiro atoms. The molecule has 2 heteroatoms. The van der Waals surface area contributed by atoms with Gasteiger partial charge in [-0.15, -0.1) is 0 Å². The molecule has 1 nitrogen and oxygen atoms in total. The summed E-state index contributed by atoms with van der Waals surface area (Å²) in [5.41, 5.74) is 2.03. The first kappa shape index (κ1) is 15.3. The maximum Gasteiger partial charge on any atom is 0.0130 e. The smallest absolute Gasteiger partial charge is 0.0130 e. The lowest BCUT2D eigenvalue weighted by Crippen LogP contribution is -2.38. The molecule has 1 N–H and O–H groups in total. The highest BCUT2D eigenvalue weighted by Gasteiger charge is 2.31. The van der Waals surface area contributed by atoms with E-state index < -0.39 is 0 Å². The molecule has 0 radical (unpaired) electrons. The summed E-state index contributed by atoms with van der Waals surface area (Å²) in [5, 5.41) is 3.68. The van der Waals surface area contributed by atoms with Gasteiger partial charge in [-0.3, -0.25) is 0 Å². The average Bonchev–Trinajstić information content (AvgIpc) is 2.43. The van der Waals surface area contributed by atoms with Gasteiger partial charge in [0.25, 0.3) is 0 Å². The Labute approximate surface area is 131 Å². The predicted molar refractivity (Wildman–Crippen MR) is 91.5 cm³/mol. The molecule has 0 aliphatic heterocycles. The van der Waals surface area contributed by atoms with Gasteiger partial charge < -0.3 is 5.32 Å². The zero-order chi connectivity index (χ0) is 13.6. The van der Waals surface area contributed by atoms with Crippen LogP contribution in [0, 0.1) is 8.99 Å². The second-order valence-electron chi connectivity index (χ2n) is 6.04. The molecule has 2 rings (SSSR count). The molecular formula is C17H26IN. The summed E-state index contributed by atoms with van der Waals surface area (Å²) in [4.78, 5) is 0. The molecule has 1 saturated carbocycles. The van der Waals surface area contributed by atoms with Gasteiger partial charge in [0.15, 0.2) is 0 Å². The van der Waals surface area contributed by atoms with E-state index in [1.54, 1.807) is 0 Å². The van der Waals surface area contributed by atoms with Crippen molar-refractivity contribution in [3.8, 4) is 0 Å². The van der Waals surface area contributed by atoms with Gasteiger partial charge in [-0.2, -0.15) is 0 Å². The molecule has 19 heavy (non-hydrogen) atoms. The lowest BCUT2D eigenvalue weighted by Gasteiger charge is -2.38. The molecule has 0 atom stereocenters. The van der Waals surface area contributed by atoms with Crippen molar-refractivity contribution in [3.05, 3.63) is 33.4 Å². The average molecular weight is 371 g/mol. The second kappa shape index (κ2) is 7.63. The highest BCUT2D eigenvalue weighted by Crippen LogP contribution is 2.38. The molecule has 0 amide bonds. The highest BCUT2D eigenvalue weighted by molar-refractivity contribution is 14.1. The maximum atomic E-state index is 3.68. The van der Waals surface area contributed by atoms with E-state index in [2.05, 4.69) is 59.1 Å². The first-order valence-corrected chi connectivity index (χ1v) is 8.77. The standard InChI is InChI=1S/C17H26IN/c1-2-12-19-14-17(10-4-3-5-11-17)13-15-6-8-16(18)9-7-15/h6-9,19H,2-5,10-14H2,1H3. The van der Waals surface area contributed by atoms with E-state index >= 15 is 0 Å². The summed E-state index contributed by atoms with van der Waals surface area (Å²) in [5.74, 6) is 0. The van der Waals surface area contributed by atoms with Crippen LogP contribution < -0.4 is 5.32 Å². The lowest BCUT2D eigenvalue weighted by molar-refractivity contribution is 0.181. The van der Waals surface area contributed by atoms with Crippen molar-refractivity contribution in [2.45, 2.75) is 51.9 Å². The molecule has 1 fully saturated rings. The van der Waals surface area contributed by atoms with Gasteiger partial charge in [0.05, 0.1) is 0 Å². The summed E-state index contributed by atoms with van der Waals surface area (Å²) in [6.07, 6.45) is 9.55. The van der Waals surface area contributed by atoms with Gasteiger partial charge in [-0.05, 0) is 77.9 Å². The SMILES string of the molecule is CCCNCC1(Cc2ccc(I)cc2)CCCCC1. The van der Waals surface area contributed by atoms with Crippen LogP contribution in [-0.2, 0) is 6.42 Å². The highest BCUT2D eigenvalue weighted by atomic mass is 127. The molecule has 1 aliphatic rings. The van der Waals surface area contributed by atoms with Gasteiger partial charge in [-0.25, -0.2) is 0 Å². The van der Waals surface area contributed by atoms with E-state index in [0.717, 1.165) is 6.54 Å². The van der Waals surface area contributed by atoms with Crippen LogP contribution in [0.1, 0.15) is 51.0 Å². The lowest BCUT2D eigenvalue weighted by atomic mass is 9.70. The second-order valence-corrected chi connectivity index (χ2v) is 7.29. The molecule has 0 bridgehead atoms. The van der Waals surface area contributed by atoms with Crippen LogP contribution in [0.15, 0.2) is 24.3 Å². The van der Waals surface area contributed by atoms with Crippen LogP contribution in [0.2, 0.25) is 0 Å². The fourth-order valence-corrected chi connectivity index (χ4v) is 3.64. The zero-order valence-corrected chi connectivity index (χ0v) is 14.2. The topological polar surface area (TPSA) is 12.0 Å². The van der Waals surface area contributed by atoms with Crippen molar-refractivity contribution in [1.29, 1.82) is 0 Å². The number of hydrogen-bond donors (Lipinski definition) is 1. The van der Waals surface area contributed by atoms with E-state index in [1.165, 1.54) is 60.6 Å². The Balaban J connectivity index is 2.01. The van der Waals surface area contributed by atoms with Gasteiger partial charge in [-0.1, -0.05) is 38.3 Å². The first-order valence-electron chi connectivity index (χ1n) is 7.69. The molecule has 0 saturated heterocycles. The summed E-state index contributed by atoms with van der Waals surface area (Å²) < 4.78 is 1.34. The number of rotatable bonds is 6. The van der Waals surface area contributed by atoms with Gasteiger partial charge in [0.2, 0.25) is 0 Å². The Morgan fingerprint density at radius 1 is 1.11 bits per heavy atom. The fraction of sp³-hybridized carbons (Fsp3) is 0.647. The third kappa shape index (κ3) is 4.75. The van der Waals surface area contributed by atoms with Crippen molar-refractivity contribution in [2.75, 3.05) is 13.1 Å². The van der Waals surface area contributed by atoms with Crippen LogP contribution in [0.3, 0.4) is 0 Å². The van der Waals surface area contributed by atoms with Gasteiger partial charge >= 0.3 is 0 Å². The van der Waals surface area contributed by atoms with E-state index in [4.69, 9.17) is 0 Å². The Hall–Kier alpha value is -0.0900. The molecule has 106 valence electrons. The molecule has 1 aromatic carbocycles. The minimum absolute atomic E-state index is 0.514. The monoisotopic (exact) mass is 371 g/mol. The van der Waals surface area contributed by atoms with Crippen molar-refractivity contribution in [3.63, 3.8) is 0 Å². The molecular weight excluding hydrogens is 345 g/mol. The normalized spacial score (nSPS) is 18.4. The Morgan fingerprint density at radius 2 is 1.79 bits per heavy atom. The Bertz CT molecular complexity index is 365. The number of nitrogens with one attached hydrogen (secondary N) is 1. The summed E-state index contributed by atoms with van der Waals surface area (Å²) in [7, 11) is 0. The summed E-state index contributed by atoms with van der Waals surface area (Å²) in [6.45, 7) is 4.61. The van der Waals surface area contributed by atoms with Gasteiger partial charge in [0.1, 0.15) is 0 Å². The van der Waals surface area contributed by atoms with Crippen LogP contribution in [0.4, 0.5) is 0 Å². The first-order chi connectivity index (χ1) is 9.24. The van der Waals surface area contributed by atoms with Crippen molar-refractivity contribution >= 4 is 22.6 Å². The summed E-state index contributed by atoms with van der Waals surface area (Å²) in [6, 6.07) is 9.12. The predicted octanol–water partition coefficient (Wildman–Crippen LogP) is 4.78. The third-order valence-electron chi connectivity index (χ3n) is 4.33. The molecule has 0 heterocycles. The zero-order valence-electron chi connectivity index (χ0n) is 12.1. The van der Waals surface area contributed by atoms with Gasteiger partial charge in [0, 0.05) is 10.1 Å². The van der Waals surface area contributed by atoms with Crippen molar-refractivity contribution < 1.29 is 0 Å². The Morgan fingerprint density at radius 3 is 2.42 bits per heavy atom. The van der Waals surface area contributed by atoms with Crippen LogP contribution in [0.5, 0.6) is 0 Å². The largest absolute Gasteiger partial charge is 0.316 e. The van der Waals surface area contributed by atoms with Crippen LogP contribution in [-0.4, -0.2) is 13.1 Å². The number of hydrogen-bond acceptors (Lipinski definition) is 1. The molecule has 1 aliphatic carbocycles. The van der Waals surface area contributed by atoms with E-state index in [0.29, 0.717) is 5.41 Å². The fourth-order valence-electron chi connectivity index (χ4n) is 3.28. The maximum absolute atomic E-state index is 3.68. The molecule has 0 unspecified atom stereocenters. The Kier molecular flexibility index (Phi) is 6.14. The van der Waals surface area contributed by atoms with E-state index in [1.807, 2.05) is 0 Å². The molecule has 0 aromatic heterocycles.